The lowest BCUT2D eigenvalue weighted by atomic mass is 10.2. The molecule has 1 saturated heterocycles. The molecule has 4 nitrogen and oxygen atoms in total. The number of carbonyl (C=O) groups is 1. The van der Waals surface area contributed by atoms with E-state index < -0.39 is 5.82 Å². The van der Waals surface area contributed by atoms with E-state index in [2.05, 4.69) is 5.32 Å². The van der Waals surface area contributed by atoms with Crippen molar-refractivity contribution in [1.82, 2.24) is 4.90 Å². The number of benzene rings is 1. The molecule has 0 aliphatic carbocycles. The molecule has 18 heavy (non-hydrogen) atoms. The molecule has 98 valence electrons. The number of urea groups is 1. The van der Waals surface area contributed by atoms with Crippen LogP contribution in [0.3, 0.4) is 0 Å². The second-order valence-electron chi connectivity index (χ2n) is 4.56. The van der Waals surface area contributed by atoms with E-state index in [0.29, 0.717) is 5.69 Å². The zero-order chi connectivity index (χ0) is 13.0. The van der Waals surface area contributed by atoms with Gasteiger partial charge in [0.25, 0.3) is 0 Å². The second kappa shape index (κ2) is 5.71. The van der Waals surface area contributed by atoms with Crippen molar-refractivity contribution in [3.8, 4) is 0 Å². The van der Waals surface area contributed by atoms with Gasteiger partial charge in [-0.2, -0.15) is 0 Å². The van der Waals surface area contributed by atoms with Gasteiger partial charge < -0.3 is 16.0 Å². The van der Waals surface area contributed by atoms with E-state index in [1.165, 1.54) is 31.0 Å². The second-order valence-corrected chi connectivity index (χ2v) is 4.56. The van der Waals surface area contributed by atoms with Crippen molar-refractivity contribution >= 4 is 17.4 Å². The summed E-state index contributed by atoms with van der Waals surface area (Å²) in [6, 6.07) is 3.82. The van der Waals surface area contributed by atoms with Gasteiger partial charge in [-0.3, -0.25) is 0 Å². The Labute approximate surface area is 106 Å². The lowest BCUT2D eigenvalue weighted by Gasteiger charge is -2.21. The van der Waals surface area contributed by atoms with Crippen LogP contribution < -0.4 is 11.1 Å². The number of amides is 2. The van der Waals surface area contributed by atoms with Crippen molar-refractivity contribution in [2.24, 2.45) is 0 Å². The van der Waals surface area contributed by atoms with E-state index >= 15 is 0 Å². The summed E-state index contributed by atoms with van der Waals surface area (Å²) in [5.74, 6) is -0.403. The minimum absolute atomic E-state index is 0.157. The van der Waals surface area contributed by atoms with Gasteiger partial charge in [-0.15, -0.1) is 0 Å². The molecule has 1 aliphatic heterocycles. The number of anilines is 2. The van der Waals surface area contributed by atoms with Gasteiger partial charge in [-0.05, 0) is 31.0 Å². The molecule has 0 atom stereocenters. The van der Waals surface area contributed by atoms with Crippen LogP contribution in [0.2, 0.25) is 0 Å². The number of rotatable bonds is 1. The van der Waals surface area contributed by atoms with Crippen LogP contribution in [0.5, 0.6) is 0 Å². The van der Waals surface area contributed by atoms with Gasteiger partial charge in [-0.1, -0.05) is 12.8 Å². The summed E-state index contributed by atoms with van der Waals surface area (Å²) in [5, 5.41) is 2.73. The third-order valence-electron chi connectivity index (χ3n) is 3.15. The quantitative estimate of drug-likeness (QED) is 0.754. The van der Waals surface area contributed by atoms with E-state index in [4.69, 9.17) is 5.73 Å². The lowest BCUT2D eigenvalue weighted by molar-refractivity contribution is 0.214. The highest BCUT2D eigenvalue weighted by Gasteiger charge is 2.16. The summed E-state index contributed by atoms with van der Waals surface area (Å²) in [4.78, 5) is 13.8. The SMILES string of the molecule is Nc1cc(F)ccc1NC(=O)N1CCCCCC1. The van der Waals surface area contributed by atoms with Crippen molar-refractivity contribution < 1.29 is 9.18 Å². The van der Waals surface area contributed by atoms with Crippen LogP contribution in [0.4, 0.5) is 20.6 Å². The summed E-state index contributed by atoms with van der Waals surface area (Å²) < 4.78 is 12.9. The molecular weight excluding hydrogens is 233 g/mol. The summed E-state index contributed by atoms with van der Waals surface area (Å²) >= 11 is 0. The number of halogens is 1. The Morgan fingerprint density at radius 1 is 1.22 bits per heavy atom. The van der Waals surface area contributed by atoms with Crippen molar-refractivity contribution in [2.45, 2.75) is 25.7 Å². The van der Waals surface area contributed by atoms with E-state index in [9.17, 15) is 9.18 Å². The average molecular weight is 251 g/mol. The fourth-order valence-corrected chi connectivity index (χ4v) is 2.12. The first kappa shape index (κ1) is 12.7. The zero-order valence-corrected chi connectivity index (χ0v) is 10.3. The topological polar surface area (TPSA) is 58.4 Å². The van der Waals surface area contributed by atoms with Crippen LogP contribution in [0.1, 0.15) is 25.7 Å². The van der Waals surface area contributed by atoms with Crippen LogP contribution in [-0.2, 0) is 0 Å². The number of nitrogens with zero attached hydrogens (tertiary/aromatic N) is 1. The normalized spacial score (nSPS) is 16.2. The molecule has 1 aromatic rings. The molecule has 0 unspecified atom stereocenters. The highest BCUT2D eigenvalue weighted by atomic mass is 19.1. The smallest absolute Gasteiger partial charge is 0.321 e. The fraction of sp³-hybridized carbons (Fsp3) is 0.462. The summed E-state index contributed by atoms with van der Waals surface area (Å²) in [7, 11) is 0. The molecule has 1 aliphatic rings. The Hall–Kier alpha value is -1.78. The van der Waals surface area contributed by atoms with Crippen molar-refractivity contribution in [3.63, 3.8) is 0 Å². The van der Waals surface area contributed by atoms with Gasteiger partial charge in [0.2, 0.25) is 0 Å². The Morgan fingerprint density at radius 2 is 1.89 bits per heavy atom. The number of carbonyl (C=O) groups excluding carboxylic acids is 1. The third-order valence-corrected chi connectivity index (χ3v) is 3.15. The largest absolute Gasteiger partial charge is 0.397 e. The van der Waals surface area contributed by atoms with E-state index in [1.807, 2.05) is 0 Å². The highest BCUT2D eigenvalue weighted by molar-refractivity contribution is 5.92. The molecule has 0 radical (unpaired) electrons. The molecular formula is C13H18FN3O. The summed E-state index contributed by atoms with van der Waals surface area (Å²) in [6.45, 7) is 1.54. The van der Waals surface area contributed by atoms with Crippen LogP contribution in [0, 0.1) is 5.82 Å². The number of hydrogen-bond acceptors (Lipinski definition) is 2. The monoisotopic (exact) mass is 251 g/mol. The van der Waals surface area contributed by atoms with E-state index in [0.717, 1.165) is 25.9 Å². The Bertz CT molecular complexity index is 428. The number of nitrogens with one attached hydrogen (secondary N) is 1. The maximum atomic E-state index is 12.9. The molecule has 2 amide bonds. The first-order chi connectivity index (χ1) is 8.66. The van der Waals surface area contributed by atoms with Gasteiger partial charge >= 0.3 is 6.03 Å². The maximum absolute atomic E-state index is 12.9. The Kier molecular flexibility index (Phi) is 4.02. The number of nitrogens with two attached hydrogens (primary N) is 1. The fourth-order valence-electron chi connectivity index (χ4n) is 2.12. The Balaban J connectivity index is 2.01. The molecule has 1 heterocycles. The van der Waals surface area contributed by atoms with Gasteiger partial charge in [0.1, 0.15) is 5.82 Å². The first-order valence-corrected chi connectivity index (χ1v) is 6.28. The molecule has 0 spiro atoms. The molecule has 0 bridgehead atoms. The molecule has 3 N–H and O–H groups in total. The number of hydrogen-bond donors (Lipinski definition) is 2. The van der Waals surface area contributed by atoms with Gasteiger partial charge in [-0.25, -0.2) is 9.18 Å². The summed E-state index contributed by atoms with van der Waals surface area (Å²) in [5.41, 5.74) is 6.37. The van der Waals surface area contributed by atoms with Crippen molar-refractivity contribution in [3.05, 3.63) is 24.0 Å². The first-order valence-electron chi connectivity index (χ1n) is 6.28. The standard InChI is InChI=1S/C13H18FN3O/c14-10-5-6-12(11(15)9-10)16-13(18)17-7-3-1-2-4-8-17/h5-6,9H,1-4,7-8,15H2,(H,16,18). The predicted molar refractivity (Wildman–Crippen MR) is 69.9 cm³/mol. The minimum Gasteiger partial charge on any atom is -0.397 e. The van der Waals surface area contributed by atoms with Crippen molar-refractivity contribution in [2.75, 3.05) is 24.1 Å². The van der Waals surface area contributed by atoms with Crippen LogP contribution in [0.15, 0.2) is 18.2 Å². The lowest BCUT2D eigenvalue weighted by Crippen LogP contribution is -2.35. The van der Waals surface area contributed by atoms with E-state index in [1.54, 1.807) is 4.90 Å². The van der Waals surface area contributed by atoms with Gasteiger partial charge in [0.15, 0.2) is 0 Å². The summed E-state index contributed by atoms with van der Waals surface area (Å²) in [6.07, 6.45) is 4.41. The molecule has 0 aromatic heterocycles. The molecule has 5 heteroatoms. The van der Waals surface area contributed by atoms with Crippen LogP contribution in [0.25, 0.3) is 0 Å². The van der Waals surface area contributed by atoms with Gasteiger partial charge in [0.05, 0.1) is 11.4 Å². The molecule has 0 saturated carbocycles. The van der Waals surface area contributed by atoms with E-state index in [-0.39, 0.29) is 11.7 Å². The van der Waals surface area contributed by atoms with Crippen LogP contribution >= 0.6 is 0 Å². The zero-order valence-electron chi connectivity index (χ0n) is 10.3. The third kappa shape index (κ3) is 3.12. The number of nitrogen functional groups attached to an aromatic ring is 1. The van der Waals surface area contributed by atoms with Gasteiger partial charge in [0, 0.05) is 13.1 Å². The Morgan fingerprint density at radius 3 is 2.50 bits per heavy atom. The molecule has 1 aromatic carbocycles. The average Bonchev–Trinajstić information content (AvgIpc) is 2.61. The highest BCUT2D eigenvalue weighted by Crippen LogP contribution is 2.20. The van der Waals surface area contributed by atoms with Crippen molar-refractivity contribution in [1.29, 1.82) is 0 Å². The molecule has 2 rings (SSSR count). The maximum Gasteiger partial charge on any atom is 0.321 e. The molecule has 1 fully saturated rings. The number of likely N-dealkylation sites (tertiary alicyclic amines) is 1. The van der Waals surface area contributed by atoms with Crippen LogP contribution in [-0.4, -0.2) is 24.0 Å². The minimum atomic E-state index is -0.403. The predicted octanol–water partition coefficient (Wildman–Crippen LogP) is 2.82.